The van der Waals surface area contributed by atoms with Crippen LogP contribution < -0.4 is 0 Å². The molecule has 0 atom stereocenters. The lowest BCUT2D eigenvalue weighted by Crippen LogP contribution is -2.55. The summed E-state index contributed by atoms with van der Waals surface area (Å²) in [6.07, 6.45) is 8.55. The van der Waals surface area contributed by atoms with E-state index in [1.54, 1.807) is 0 Å². The van der Waals surface area contributed by atoms with Crippen molar-refractivity contribution >= 4 is 11.9 Å². The van der Waals surface area contributed by atoms with E-state index in [1.807, 2.05) is 4.90 Å². The zero-order chi connectivity index (χ0) is 15.6. The Kier molecular flexibility index (Phi) is 4.71. The maximum absolute atomic E-state index is 12.8. The van der Waals surface area contributed by atoms with Crippen molar-refractivity contribution < 1.29 is 19.4 Å². The number of morpholine rings is 1. The maximum Gasteiger partial charge on any atom is 0.306 e. The lowest BCUT2D eigenvalue weighted by Gasteiger charge is -2.46. The van der Waals surface area contributed by atoms with Gasteiger partial charge in [0.15, 0.2) is 0 Å². The van der Waals surface area contributed by atoms with E-state index in [-0.39, 0.29) is 23.3 Å². The molecule has 0 aromatic rings. The summed E-state index contributed by atoms with van der Waals surface area (Å²) in [6.45, 7) is 2.08. The highest BCUT2D eigenvalue weighted by atomic mass is 16.5. The van der Waals surface area contributed by atoms with Gasteiger partial charge in [-0.15, -0.1) is 0 Å². The Bertz CT molecular complexity index is 417. The van der Waals surface area contributed by atoms with Gasteiger partial charge in [-0.2, -0.15) is 0 Å². The van der Waals surface area contributed by atoms with Gasteiger partial charge >= 0.3 is 5.97 Å². The number of amides is 1. The molecule has 2 aliphatic carbocycles. The highest BCUT2D eigenvalue weighted by Crippen LogP contribution is 2.36. The molecule has 5 nitrogen and oxygen atoms in total. The smallest absolute Gasteiger partial charge is 0.306 e. The molecule has 3 rings (SSSR count). The molecule has 1 heterocycles. The molecule has 1 amide bonds. The normalized spacial score (nSPS) is 31.9. The van der Waals surface area contributed by atoms with Gasteiger partial charge in [0.2, 0.25) is 5.91 Å². The average molecular weight is 309 g/mol. The van der Waals surface area contributed by atoms with E-state index in [0.29, 0.717) is 26.0 Å². The SMILES string of the molecule is O=C(O)C1CCC(C(=O)N2CCOC3(CCCCC3)C2)CC1. The van der Waals surface area contributed by atoms with E-state index in [9.17, 15) is 9.59 Å². The Morgan fingerprint density at radius 2 is 1.64 bits per heavy atom. The summed E-state index contributed by atoms with van der Waals surface area (Å²) in [5, 5.41) is 9.07. The topological polar surface area (TPSA) is 66.8 Å². The summed E-state index contributed by atoms with van der Waals surface area (Å²) in [7, 11) is 0. The summed E-state index contributed by atoms with van der Waals surface area (Å²) in [5.41, 5.74) is -0.0928. The number of carbonyl (C=O) groups excluding carboxylic acids is 1. The molecule has 0 bridgehead atoms. The van der Waals surface area contributed by atoms with Crippen molar-refractivity contribution in [1.29, 1.82) is 0 Å². The minimum Gasteiger partial charge on any atom is -0.481 e. The van der Waals surface area contributed by atoms with Crippen LogP contribution in [-0.4, -0.2) is 47.2 Å². The first-order valence-corrected chi connectivity index (χ1v) is 8.75. The number of rotatable bonds is 2. The van der Waals surface area contributed by atoms with Crippen LogP contribution in [0.2, 0.25) is 0 Å². The average Bonchev–Trinajstić information content (AvgIpc) is 2.55. The standard InChI is InChI=1S/C17H27NO4/c19-15(13-4-6-14(7-5-13)16(20)21)18-10-11-22-17(12-18)8-2-1-3-9-17/h13-14H,1-12H2,(H,20,21). The summed E-state index contributed by atoms with van der Waals surface area (Å²) in [5.74, 6) is -0.705. The first kappa shape index (κ1) is 15.8. The summed E-state index contributed by atoms with van der Waals surface area (Å²) < 4.78 is 6.05. The molecule has 3 fully saturated rings. The van der Waals surface area contributed by atoms with E-state index < -0.39 is 5.97 Å². The minimum atomic E-state index is -0.710. The van der Waals surface area contributed by atoms with Crippen LogP contribution in [0, 0.1) is 11.8 Å². The molecule has 1 N–H and O–H groups in total. The molecule has 3 aliphatic rings. The molecular formula is C17H27NO4. The molecule has 0 aromatic heterocycles. The Balaban J connectivity index is 1.57. The second-order valence-electron chi connectivity index (χ2n) is 7.24. The molecule has 0 radical (unpaired) electrons. The van der Waals surface area contributed by atoms with Gasteiger partial charge in [-0.3, -0.25) is 9.59 Å². The summed E-state index contributed by atoms with van der Waals surface area (Å²) in [4.78, 5) is 25.8. The number of hydrogen-bond acceptors (Lipinski definition) is 3. The minimum absolute atomic E-state index is 0.0225. The number of ether oxygens (including phenoxy) is 1. The van der Waals surface area contributed by atoms with Crippen molar-refractivity contribution in [1.82, 2.24) is 4.90 Å². The van der Waals surface area contributed by atoms with E-state index in [1.165, 1.54) is 19.3 Å². The Hall–Kier alpha value is -1.10. The van der Waals surface area contributed by atoms with Crippen molar-refractivity contribution in [3.63, 3.8) is 0 Å². The van der Waals surface area contributed by atoms with E-state index >= 15 is 0 Å². The third kappa shape index (κ3) is 3.29. The molecule has 22 heavy (non-hydrogen) atoms. The van der Waals surface area contributed by atoms with Gasteiger partial charge in [-0.05, 0) is 38.5 Å². The van der Waals surface area contributed by atoms with Crippen LogP contribution in [0.5, 0.6) is 0 Å². The summed E-state index contributed by atoms with van der Waals surface area (Å²) in [6, 6.07) is 0. The summed E-state index contributed by atoms with van der Waals surface area (Å²) >= 11 is 0. The largest absolute Gasteiger partial charge is 0.481 e. The highest BCUT2D eigenvalue weighted by molar-refractivity contribution is 5.79. The van der Waals surface area contributed by atoms with Crippen LogP contribution in [0.3, 0.4) is 0 Å². The molecule has 2 saturated carbocycles. The van der Waals surface area contributed by atoms with Gasteiger partial charge in [0.25, 0.3) is 0 Å². The number of hydrogen-bond donors (Lipinski definition) is 1. The van der Waals surface area contributed by atoms with Crippen LogP contribution >= 0.6 is 0 Å². The zero-order valence-electron chi connectivity index (χ0n) is 13.3. The first-order chi connectivity index (χ1) is 10.6. The predicted octanol–water partition coefficient (Wildman–Crippen LogP) is 2.44. The van der Waals surface area contributed by atoms with Gasteiger partial charge < -0.3 is 14.7 Å². The highest BCUT2D eigenvalue weighted by Gasteiger charge is 2.41. The Labute approximate surface area is 132 Å². The zero-order valence-corrected chi connectivity index (χ0v) is 13.3. The van der Waals surface area contributed by atoms with Crippen LogP contribution in [0.15, 0.2) is 0 Å². The van der Waals surface area contributed by atoms with Crippen LogP contribution in [0.25, 0.3) is 0 Å². The maximum atomic E-state index is 12.8. The Morgan fingerprint density at radius 1 is 1.00 bits per heavy atom. The van der Waals surface area contributed by atoms with Crippen molar-refractivity contribution in [3.8, 4) is 0 Å². The van der Waals surface area contributed by atoms with Crippen LogP contribution in [0.1, 0.15) is 57.8 Å². The van der Waals surface area contributed by atoms with Gasteiger partial charge in [-0.25, -0.2) is 0 Å². The van der Waals surface area contributed by atoms with Crippen LogP contribution in [-0.2, 0) is 14.3 Å². The fourth-order valence-corrected chi connectivity index (χ4v) is 4.38. The molecular weight excluding hydrogens is 282 g/mol. The number of nitrogens with zero attached hydrogens (tertiary/aromatic N) is 1. The molecule has 0 unspecified atom stereocenters. The number of carboxylic acids is 1. The van der Waals surface area contributed by atoms with Gasteiger partial charge in [-0.1, -0.05) is 19.3 Å². The quantitative estimate of drug-likeness (QED) is 0.851. The molecule has 0 aromatic carbocycles. The van der Waals surface area contributed by atoms with Crippen molar-refractivity contribution in [2.24, 2.45) is 11.8 Å². The fourth-order valence-electron chi connectivity index (χ4n) is 4.38. The van der Waals surface area contributed by atoms with Gasteiger partial charge in [0.05, 0.1) is 18.1 Å². The second-order valence-corrected chi connectivity index (χ2v) is 7.24. The van der Waals surface area contributed by atoms with Crippen molar-refractivity contribution in [3.05, 3.63) is 0 Å². The van der Waals surface area contributed by atoms with E-state index in [4.69, 9.17) is 9.84 Å². The Morgan fingerprint density at radius 3 is 2.27 bits per heavy atom. The van der Waals surface area contributed by atoms with E-state index in [2.05, 4.69) is 0 Å². The lowest BCUT2D eigenvalue weighted by atomic mass is 9.80. The second kappa shape index (κ2) is 6.57. The molecule has 124 valence electrons. The van der Waals surface area contributed by atoms with Crippen molar-refractivity contribution in [2.75, 3.05) is 19.7 Å². The molecule has 1 aliphatic heterocycles. The number of carboxylic acid groups (broad SMARTS) is 1. The number of aliphatic carboxylic acids is 1. The van der Waals surface area contributed by atoms with Gasteiger partial charge in [0.1, 0.15) is 0 Å². The number of carbonyl (C=O) groups is 2. The monoisotopic (exact) mass is 309 g/mol. The van der Waals surface area contributed by atoms with Gasteiger partial charge in [0, 0.05) is 19.0 Å². The molecule has 1 saturated heterocycles. The first-order valence-electron chi connectivity index (χ1n) is 8.75. The molecule has 5 heteroatoms. The van der Waals surface area contributed by atoms with Crippen LogP contribution in [0.4, 0.5) is 0 Å². The third-order valence-corrected chi connectivity index (χ3v) is 5.75. The van der Waals surface area contributed by atoms with Crippen molar-refractivity contribution in [2.45, 2.75) is 63.4 Å². The molecule has 1 spiro atoms. The fraction of sp³-hybridized carbons (Fsp3) is 0.882. The van der Waals surface area contributed by atoms with E-state index in [0.717, 1.165) is 32.2 Å². The predicted molar refractivity (Wildman–Crippen MR) is 81.4 cm³/mol. The lowest BCUT2D eigenvalue weighted by molar-refractivity contribution is -0.161. The third-order valence-electron chi connectivity index (χ3n) is 5.75.